The first-order valence-electron chi connectivity index (χ1n) is 7.53. The second-order valence-corrected chi connectivity index (χ2v) is 4.11. The van der Waals surface area contributed by atoms with Gasteiger partial charge < -0.3 is 0 Å². The molecule has 1 nitrogen and oxygen atoms in total. The van der Waals surface area contributed by atoms with Gasteiger partial charge >= 0.3 is 0 Å². The molecule has 1 rings (SSSR count). The van der Waals surface area contributed by atoms with Crippen molar-refractivity contribution in [3.05, 3.63) is 35.4 Å². The predicted molar refractivity (Wildman–Crippen MR) is 88.8 cm³/mol. The molecule has 0 aliphatic carbocycles. The molecule has 0 aromatic heterocycles. The maximum absolute atomic E-state index is 10.1. The van der Waals surface area contributed by atoms with Gasteiger partial charge in [-0.2, -0.15) is 0 Å². The first kappa shape index (κ1) is 23.0. The Bertz CT molecular complexity index is 300. The van der Waals surface area contributed by atoms with E-state index in [-0.39, 0.29) is 11.7 Å². The van der Waals surface area contributed by atoms with E-state index in [2.05, 4.69) is 38.1 Å². The largest absolute Gasteiger partial charge is 0.300 e. The van der Waals surface area contributed by atoms with Crippen LogP contribution >= 0.6 is 0 Å². The van der Waals surface area contributed by atoms with Crippen molar-refractivity contribution in [3.8, 4) is 0 Å². The van der Waals surface area contributed by atoms with Gasteiger partial charge in [-0.15, -0.1) is 0 Å². The maximum atomic E-state index is 10.1. The highest BCUT2D eigenvalue weighted by Crippen LogP contribution is 2.03. The van der Waals surface area contributed by atoms with Crippen LogP contribution in [-0.2, 0) is 11.2 Å². The summed E-state index contributed by atoms with van der Waals surface area (Å²) in [6, 6.07) is 8.61. The van der Waals surface area contributed by atoms with Gasteiger partial charge in [0.25, 0.3) is 0 Å². The number of Topliss-reactive ketones (excluding diaryl/α,β-unsaturated/α-hetero) is 1. The molecule has 0 saturated carbocycles. The van der Waals surface area contributed by atoms with Crippen LogP contribution in [0.5, 0.6) is 0 Å². The molecule has 0 bridgehead atoms. The summed E-state index contributed by atoms with van der Waals surface area (Å²) in [5.74, 6) is 0.472. The van der Waals surface area contributed by atoms with E-state index in [1.54, 1.807) is 6.92 Å². The summed E-state index contributed by atoms with van der Waals surface area (Å²) in [5.41, 5.74) is 2.78. The zero-order valence-corrected chi connectivity index (χ0v) is 14.5. The van der Waals surface area contributed by atoms with E-state index in [9.17, 15) is 4.79 Å². The van der Waals surface area contributed by atoms with Gasteiger partial charge in [0, 0.05) is 5.92 Å². The normalized spacial score (nSPS) is 8.11. The highest BCUT2D eigenvalue weighted by atomic mass is 16.1. The van der Waals surface area contributed by atoms with Crippen molar-refractivity contribution >= 4 is 5.78 Å². The van der Waals surface area contributed by atoms with Crippen molar-refractivity contribution in [2.24, 2.45) is 5.92 Å². The Morgan fingerprint density at radius 1 is 1.11 bits per heavy atom. The molecule has 0 N–H and O–H groups in total. The second-order valence-electron chi connectivity index (χ2n) is 4.11. The van der Waals surface area contributed by atoms with Crippen molar-refractivity contribution in [2.75, 3.05) is 0 Å². The number of hydrogen-bond donors (Lipinski definition) is 0. The third kappa shape index (κ3) is 16.9. The molecule has 0 fully saturated rings. The lowest BCUT2D eigenvalue weighted by atomic mass is 10.1. The summed E-state index contributed by atoms with van der Waals surface area (Å²) in [6.45, 7) is 17.7. The van der Waals surface area contributed by atoms with Crippen LogP contribution in [-0.4, -0.2) is 5.78 Å². The summed E-state index contributed by atoms with van der Waals surface area (Å²) >= 11 is 0. The van der Waals surface area contributed by atoms with E-state index in [1.807, 2.05) is 41.5 Å². The number of rotatable bonds is 2. The zero-order chi connectivity index (χ0) is 15.8. The topological polar surface area (TPSA) is 17.1 Å². The monoisotopic (exact) mass is 266 g/mol. The lowest BCUT2D eigenvalue weighted by Gasteiger charge is -1.95. The van der Waals surface area contributed by atoms with Crippen LogP contribution in [0.25, 0.3) is 0 Å². The molecular weight excluding hydrogens is 232 g/mol. The van der Waals surface area contributed by atoms with Crippen LogP contribution < -0.4 is 0 Å². The minimum Gasteiger partial charge on any atom is -0.300 e. The van der Waals surface area contributed by atoms with Gasteiger partial charge in [0.1, 0.15) is 5.78 Å². The van der Waals surface area contributed by atoms with Gasteiger partial charge in [0.15, 0.2) is 0 Å². The molecule has 112 valence electrons. The lowest BCUT2D eigenvalue weighted by molar-refractivity contribution is -0.119. The van der Waals surface area contributed by atoms with Gasteiger partial charge in [-0.3, -0.25) is 4.79 Å². The van der Waals surface area contributed by atoms with E-state index in [4.69, 9.17) is 0 Å². The fourth-order valence-corrected chi connectivity index (χ4v) is 0.932. The van der Waals surface area contributed by atoms with Crippen molar-refractivity contribution in [1.29, 1.82) is 0 Å². The molecule has 0 unspecified atom stereocenters. The van der Waals surface area contributed by atoms with E-state index in [1.165, 1.54) is 11.1 Å². The molecular formula is C18H34O. The Morgan fingerprint density at radius 3 is 1.74 bits per heavy atom. The smallest absolute Gasteiger partial charge is 0.132 e. The zero-order valence-electron chi connectivity index (χ0n) is 14.5. The summed E-state index contributed by atoms with van der Waals surface area (Å²) in [5, 5.41) is 0. The Balaban J connectivity index is -0.000000224. The van der Waals surface area contributed by atoms with Gasteiger partial charge in [-0.1, -0.05) is 78.3 Å². The Morgan fingerprint density at radius 2 is 1.53 bits per heavy atom. The summed E-state index contributed by atoms with van der Waals surface area (Å²) in [6.07, 6.45) is 1.14. The number of aryl methyl sites for hydroxylation is 2. The summed E-state index contributed by atoms with van der Waals surface area (Å²) < 4.78 is 0. The molecule has 1 aromatic rings. The summed E-state index contributed by atoms with van der Waals surface area (Å²) in [7, 11) is 0. The molecule has 0 atom stereocenters. The van der Waals surface area contributed by atoms with E-state index in [0.29, 0.717) is 0 Å². The van der Waals surface area contributed by atoms with E-state index < -0.39 is 0 Å². The number of benzene rings is 1. The summed E-state index contributed by atoms with van der Waals surface area (Å²) in [4.78, 5) is 10.1. The Hall–Kier alpha value is -1.11. The molecule has 0 aliphatic rings. The first-order valence-corrected chi connectivity index (χ1v) is 7.53. The SMILES string of the molecule is CC.CC.CC(=O)C(C)C.CCc1cccc(C)c1. The van der Waals surface area contributed by atoms with Crippen LogP contribution in [0.1, 0.15) is 66.5 Å². The number of carbonyl (C=O) groups excluding carboxylic acids is 1. The number of hydrogen-bond acceptors (Lipinski definition) is 1. The van der Waals surface area contributed by atoms with Crippen molar-refractivity contribution < 1.29 is 4.79 Å². The minimum absolute atomic E-state index is 0.213. The molecule has 19 heavy (non-hydrogen) atoms. The second kappa shape index (κ2) is 16.9. The third-order valence-electron chi connectivity index (χ3n) is 2.30. The highest BCUT2D eigenvalue weighted by molar-refractivity contribution is 5.77. The van der Waals surface area contributed by atoms with Crippen molar-refractivity contribution in [2.45, 2.75) is 68.7 Å². The molecule has 0 amide bonds. The molecule has 0 spiro atoms. The standard InChI is InChI=1S/C9H12.C5H10O.2C2H6/c1-3-9-6-4-5-8(2)7-9;1-4(2)5(3)6;2*1-2/h4-7H,3H2,1-2H3;4H,1-3H3;2*1-2H3. The van der Waals surface area contributed by atoms with Gasteiger partial charge in [-0.25, -0.2) is 0 Å². The average molecular weight is 266 g/mol. The maximum Gasteiger partial charge on any atom is 0.132 e. The number of ketones is 1. The van der Waals surface area contributed by atoms with Gasteiger partial charge in [0.05, 0.1) is 0 Å². The van der Waals surface area contributed by atoms with Crippen molar-refractivity contribution in [3.63, 3.8) is 0 Å². The quantitative estimate of drug-likeness (QED) is 0.657. The first-order chi connectivity index (χ1) is 8.97. The van der Waals surface area contributed by atoms with Gasteiger partial charge in [0.2, 0.25) is 0 Å². The molecule has 1 aromatic carbocycles. The highest BCUT2D eigenvalue weighted by Gasteiger charge is 1.95. The minimum atomic E-state index is 0.213. The predicted octanol–water partition coefficient (Wildman–Crippen LogP) is 5.84. The Kier molecular flexibility index (Phi) is 20.5. The number of carbonyl (C=O) groups is 1. The fourth-order valence-electron chi connectivity index (χ4n) is 0.932. The van der Waals surface area contributed by atoms with Crippen LogP contribution in [0.3, 0.4) is 0 Å². The van der Waals surface area contributed by atoms with E-state index in [0.717, 1.165) is 6.42 Å². The van der Waals surface area contributed by atoms with Crippen LogP contribution in [0.2, 0.25) is 0 Å². The van der Waals surface area contributed by atoms with Crippen LogP contribution in [0.15, 0.2) is 24.3 Å². The molecule has 0 heterocycles. The average Bonchev–Trinajstić information content (AvgIpc) is 2.43. The molecule has 0 saturated heterocycles. The van der Waals surface area contributed by atoms with Gasteiger partial charge in [-0.05, 0) is 25.8 Å². The third-order valence-corrected chi connectivity index (χ3v) is 2.30. The fraction of sp³-hybridized carbons (Fsp3) is 0.611. The van der Waals surface area contributed by atoms with Crippen LogP contribution in [0.4, 0.5) is 0 Å². The molecule has 0 aliphatic heterocycles. The lowest BCUT2D eigenvalue weighted by Crippen LogP contribution is -1.98. The molecule has 1 heteroatoms. The van der Waals surface area contributed by atoms with Crippen LogP contribution in [0, 0.1) is 12.8 Å². The van der Waals surface area contributed by atoms with Crippen molar-refractivity contribution in [1.82, 2.24) is 0 Å². The molecule has 0 radical (unpaired) electrons. The van der Waals surface area contributed by atoms with E-state index >= 15 is 0 Å². The Labute approximate surface area is 121 Å².